The van der Waals surface area contributed by atoms with Crippen molar-refractivity contribution in [2.75, 3.05) is 25.6 Å². The Morgan fingerprint density at radius 1 is 1.33 bits per heavy atom. The lowest BCUT2D eigenvalue weighted by Gasteiger charge is -2.10. The lowest BCUT2D eigenvalue weighted by Crippen LogP contribution is -2.26. The molecule has 6 heteroatoms. The molecule has 112 valence electrons. The minimum absolute atomic E-state index is 0.161. The molecule has 0 amide bonds. The largest absolute Gasteiger partial charge is 0.383 e. The SMILES string of the molecule is COCCn1ncc(NCCc2ccccc2)c(Cl)c1=O. The number of benzene rings is 1. The summed E-state index contributed by atoms with van der Waals surface area (Å²) in [5, 5.41) is 7.39. The van der Waals surface area contributed by atoms with Gasteiger partial charge in [-0.3, -0.25) is 4.79 Å². The predicted octanol–water partition coefficient (Wildman–Crippen LogP) is 2.20. The molecule has 0 fully saturated rings. The van der Waals surface area contributed by atoms with Gasteiger partial charge in [0.1, 0.15) is 5.02 Å². The second kappa shape index (κ2) is 7.81. The summed E-state index contributed by atoms with van der Waals surface area (Å²) in [6.07, 6.45) is 2.42. The summed E-state index contributed by atoms with van der Waals surface area (Å²) < 4.78 is 6.23. The number of rotatable bonds is 7. The lowest BCUT2D eigenvalue weighted by molar-refractivity contribution is 0.182. The van der Waals surface area contributed by atoms with Crippen LogP contribution in [0.4, 0.5) is 5.69 Å². The van der Waals surface area contributed by atoms with Crippen molar-refractivity contribution in [2.45, 2.75) is 13.0 Å². The molecule has 1 N–H and O–H groups in total. The quantitative estimate of drug-likeness (QED) is 0.852. The molecule has 0 aliphatic heterocycles. The molecule has 0 saturated carbocycles. The van der Waals surface area contributed by atoms with Crippen LogP contribution in [-0.2, 0) is 17.7 Å². The van der Waals surface area contributed by atoms with Gasteiger partial charge in [0.05, 0.1) is 25.0 Å². The van der Waals surface area contributed by atoms with Gasteiger partial charge in [-0.2, -0.15) is 5.10 Å². The van der Waals surface area contributed by atoms with Gasteiger partial charge in [-0.05, 0) is 12.0 Å². The van der Waals surface area contributed by atoms with E-state index in [9.17, 15) is 4.79 Å². The van der Waals surface area contributed by atoms with Crippen LogP contribution in [0.3, 0.4) is 0 Å². The topological polar surface area (TPSA) is 56.1 Å². The summed E-state index contributed by atoms with van der Waals surface area (Å²) in [4.78, 5) is 12.0. The maximum Gasteiger partial charge on any atom is 0.287 e. The third-order valence-electron chi connectivity index (χ3n) is 3.06. The number of hydrogen-bond donors (Lipinski definition) is 1. The number of ether oxygens (including phenoxy) is 1. The number of nitrogens with one attached hydrogen (secondary N) is 1. The van der Waals surface area contributed by atoms with Crippen LogP contribution in [0.15, 0.2) is 41.3 Å². The molecule has 0 radical (unpaired) electrons. The summed E-state index contributed by atoms with van der Waals surface area (Å²) in [5.74, 6) is 0. The number of methoxy groups -OCH3 is 1. The molecular weight excluding hydrogens is 290 g/mol. The van der Waals surface area contributed by atoms with Crippen molar-refractivity contribution in [3.63, 3.8) is 0 Å². The second-order valence-electron chi connectivity index (χ2n) is 4.56. The number of nitrogens with zero attached hydrogens (tertiary/aromatic N) is 2. The number of hydrogen-bond acceptors (Lipinski definition) is 4. The second-order valence-corrected chi connectivity index (χ2v) is 4.93. The Labute approximate surface area is 128 Å². The molecule has 0 aliphatic carbocycles. The molecule has 0 saturated heterocycles. The Bertz CT molecular complexity index is 629. The molecule has 0 bridgehead atoms. The Morgan fingerprint density at radius 2 is 2.10 bits per heavy atom. The fraction of sp³-hybridized carbons (Fsp3) is 0.333. The van der Waals surface area contributed by atoms with Crippen LogP contribution in [-0.4, -0.2) is 30.0 Å². The summed E-state index contributed by atoms with van der Waals surface area (Å²) >= 11 is 6.08. The first-order valence-electron chi connectivity index (χ1n) is 6.74. The van der Waals surface area contributed by atoms with Gasteiger partial charge >= 0.3 is 0 Å². The molecule has 1 aromatic heterocycles. The van der Waals surface area contributed by atoms with E-state index in [0.717, 1.165) is 6.42 Å². The van der Waals surface area contributed by atoms with Crippen LogP contribution in [0.1, 0.15) is 5.56 Å². The lowest BCUT2D eigenvalue weighted by atomic mass is 10.1. The standard InChI is InChI=1S/C15H18ClN3O2/c1-21-10-9-19-15(20)14(16)13(11-18-19)17-8-7-12-5-3-2-4-6-12/h2-6,11,17H,7-10H2,1H3. The summed E-state index contributed by atoms with van der Waals surface area (Å²) in [6.45, 7) is 1.50. The molecule has 21 heavy (non-hydrogen) atoms. The van der Waals surface area contributed by atoms with Crippen molar-refractivity contribution in [1.29, 1.82) is 0 Å². The van der Waals surface area contributed by atoms with Crippen LogP contribution in [0, 0.1) is 0 Å². The van der Waals surface area contributed by atoms with Gasteiger partial charge < -0.3 is 10.1 Å². The van der Waals surface area contributed by atoms with E-state index >= 15 is 0 Å². The molecule has 5 nitrogen and oxygen atoms in total. The third kappa shape index (κ3) is 4.31. The number of halogens is 1. The highest BCUT2D eigenvalue weighted by molar-refractivity contribution is 6.32. The zero-order valence-corrected chi connectivity index (χ0v) is 12.6. The fourth-order valence-electron chi connectivity index (χ4n) is 1.91. The van der Waals surface area contributed by atoms with Crippen molar-refractivity contribution in [3.8, 4) is 0 Å². The smallest absolute Gasteiger partial charge is 0.287 e. The van der Waals surface area contributed by atoms with E-state index in [-0.39, 0.29) is 10.6 Å². The number of anilines is 1. The Hall–Kier alpha value is -1.85. The van der Waals surface area contributed by atoms with E-state index < -0.39 is 0 Å². The maximum absolute atomic E-state index is 12.0. The first-order chi connectivity index (χ1) is 10.2. The van der Waals surface area contributed by atoms with E-state index in [1.165, 1.54) is 10.2 Å². The predicted molar refractivity (Wildman–Crippen MR) is 84.0 cm³/mol. The first-order valence-corrected chi connectivity index (χ1v) is 7.12. The summed E-state index contributed by atoms with van der Waals surface area (Å²) in [7, 11) is 1.58. The Balaban J connectivity index is 1.97. The maximum atomic E-state index is 12.0. The van der Waals surface area contributed by atoms with Gasteiger partial charge in [-0.1, -0.05) is 41.9 Å². The van der Waals surface area contributed by atoms with Gasteiger partial charge in [0.2, 0.25) is 0 Å². The minimum Gasteiger partial charge on any atom is -0.383 e. The van der Waals surface area contributed by atoms with Gasteiger partial charge in [0, 0.05) is 13.7 Å². The zero-order chi connectivity index (χ0) is 15.1. The molecule has 1 aromatic carbocycles. The van der Waals surface area contributed by atoms with Crippen LogP contribution in [0.5, 0.6) is 0 Å². The van der Waals surface area contributed by atoms with Crippen molar-refractivity contribution in [3.05, 3.63) is 57.5 Å². The molecular formula is C15H18ClN3O2. The van der Waals surface area contributed by atoms with Crippen LogP contribution in [0.2, 0.25) is 5.02 Å². The molecule has 0 aliphatic rings. The van der Waals surface area contributed by atoms with Crippen LogP contribution >= 0.6 is 11.6 Å². The van der Waals surface area contributed by atoms with Crippen LogP contribution < -0.4 is 10.9 Å². The van der Waals surface area contributed by atoms with E-state index in [1.54, 1.807) is 13.3 Å². The molecule has 0 spiro atoms. The highest BCUT2D eigenvalue weighted by Gasteiger charge is 2.08. The number of aromatic nitrogens is 2. The average Bonchev–Trinajstić information content (AvgIpc) is 2.52. The van der Waals surface area contributed by atoms with E-state index in [0.29, 0.717) is 25.4 Å². The van der Waals surface area contributed by atoms with Crippen molar-refractivity contribution in [1.82, 2.24) is 9.78 Å². The minimum atomic E-state index is -0.307. The first kappa shape index (κ1) is 15.5. The van der Waals surface area contributed by atoms with Gasteiger partial charge in [0.25, 0.3) is 5.56 Å². The monoisotopic (exact) mass is 307 g/mol. The Kier molecular flexibility index (Phi) is 5.78. The normalized spacial score (nSPS) is 10.6. The fourth-order valence-corrected chi connectivity index (χ4v) is 2.12. The van der Waals surface area contributed by atoms with Gasteiger partial charge in [-0.15, -0.1) is 0 Å². The summed E-state index contributed by atoms with van der Waals surface area (Å²) in [6, 6.07) is 10.1. The van der Waals surface area contributed by atoms with Crippen molar-refractivity contribution in [2.24, 2.45) is 0 Å². The van der Waals surface area contributed by atoms with Crippen molar-refractivity contribution >= 4 is 17.3 Å². The molecule has 2 aromatic rings. The highest BCUT2D eigenvalue weighted by Crippen LogP contribution is 2.15. The van der Waals surface area contributed by atoms with Gasteiger partial charge in [-0.25, -0.2) is 4.68 Å². The van der Waals surface area contributed by atoms with E-state index in [1.807, 2.05) is 18.2 Å². The molecule has 2 rings (SSSR count). The molecule has 0 unspecified atom stereocenters. The molecule has 1 heterocycles. The van der Waals surface area contributed by atoms with Crippen molar-refractivity contribution < 1.29 is 4.74 Å². The third-order valence-corrected chi connectivity index (χ3v) is 3.43. The Morgan fingerprint density at radius 3 is 2.81 bits per heavy atom. The van der Waals surface area contributed by atoms with E-state index in [4.69, 9.17) is 16.3 Å². The van der Waals surface area contributed by atoms with Gasteiger partial charge in [0.15, 0.2) is 0 Å². The highest BCUT2D eigenvalue weighted by atomic mass is 35.5. The van der Waals surface area contributed by atoms with Crippen LogP contribution in [0.25, 0.3) is 0 Å². The zero-order valence-electron chi connectivity index (χ0n) is 11.9. The average molecular weight is 308 g/mol. The van der Waals surface area contributed by atoms with E-state index in [2.05, 4.69) is 22.5 Å². The molecule has 0 atom stereocenters. The summed E-state index contributed by atoms with van der Waals surface area (Å²) in [5.41, 5.74) is 1.48.